The first-order valence-corrected chi connectivity index (χ1v) is 15.0. The topological polar surface area (TPSA) is 222 Å². The van der Waals surface area contributed by atoms with E-state index in [-0.39, 0.29) is 72.7 Å². The summed E-state index contributed by atoms with van der Waals surface area (Å²) >= 11 is 0. The Morgan fingerprint density at radius 2 is 1.26 bits per heavy atom. The van der Waals surface area contributed by atoms with Crippen molar-refractivity contribution in [2.24, 2.45) is 5.92 Å². The molecule has 0 aliphatic heterocycles. The molecule has 14 nitrogen and oxygen atoms in total. The van der Waals surface area contributed by atoms with Gasteiger partial charge in [0.2, 0.25) is 17.7 Å². The highest BCUT2D eigenvalue weighted by atomic mass is 16.5. The number of benzene rings is 1. The molecule has 1 aliphatic rings. The van der Waals surface area contributed by atoms with E-state index in [9.17, 15) is 43.5 Å². The van der Waals surface area contributed by atoms with Gasteiger partial charge in [0.15, 0.2) is 11.6 Å². The van der Waals surface area contributed by atoms with E-state index in [2.05, 4.69) is 16.0 Å². The summed E-state index contributed by atoms with van der Waals surface area (Å²) in [5.74, 6) is -6.26. The van der Waals surface area contributed by atoms with E-state index in [1.54, 1.807) is 31.2 Å². The predicted molar refractivity (Wildman–Crippen MR) is 163 cm³/mol. The second-order valence-electron chi connectivity index (χ2n) is 11.4. The fraction of sp³-hybridized carbons (Fsp3) is 0.500. The zero-order valence-electron chi connectivity index (χ0n) is 26.3. The number of esters is 1. The van der Waals surface area contributed by atoms with Crippen molar-refractivity contribution in [3.63, 3.8) is 0 Å². The van der Waals surface area contributed by atoms with Crippen molar-refractivity contribution >= 4 is 47.2 Å². The first kappa shape index (κ1) is 37.3. The van der Waals surface area contributed by atoms with E-state index >= 15 is 0 Å². The lowest BCUT2D eigenvalue weighted by Crippen LogP contribution is -2.56. The molecule has 0 fully saturated rings. The standard InChI is InChI=1S/C32H41N3O11/c1-17(2)16-24(32(45)46-4)35-31(44)23(13-15-27(39)40)34-30(43)22(12-14-26(37)38)33-25(36)11-7-10-19-18(3)28(41)20-8-5-6-9-21(20)29(19)42/h5-6,8-9,17,22-24H,7,10-16H2,1-4H3,(H,33,36)(H,34,43)(H,35,44)(H,37,38)(H,39,40)/t22-,23-,24-/m0/s1. The summed E-state index contributed by atoms with van der Waals surface area (Å²) in [5.41, 5.74) is 1.17. The first-order valence-electron chi connectivity index (χ1n) is 15.0. The fourth-order valence-electron chi connectivity index (χ4n) is 4.99. The molecule has 14 heteroatoms. The molecular formula is C32H41N3O11. The number of Topliss-reactive ketones (excluding diaryl/α,β-unsaturated/α-hetero) is 2. The molecule has 0 spiro atoms. The van der Waals surface area contributed by atoms with Gasteiger partial charge < -0.3 is 30.9 Å². The Morgan fingerprint density at radius 3 is 1.76 bits per heavy atom. The fourth-order valence-corrected chi connectivity index (χ4v) is 4.99. The minimum Gasteiger partial charge on any atom is -0.481 e. The number of ketones is 2. The van der Waals surface area contributed by atoms with Crippen molar-refractivity contribution in [3.05, 3.63) is 46.5 Å². The van der Waals surface area contributed by atoms with Crippen molar-refractivity contribution in [2.45, 2.75) is 90.3 Å². The lowest BCUT2D eigenvalue weighted by Gasteiger charge is -2.25. The summed E-state index contributed by atoms with van der Waals surface area (Å²) in [6.07, 6.45) is -1.43. The minimum absolute atomic E-state index is 0.0280. The van der Waals surface area contributed by atoms with Gasteiger partial charge in [-0.05, 0) is 44.9 Å². The van der Waals surface area contributed by atoms with Crippen LogP contribution in [0, 0.1) is 5.92 Å². The summed E-state index contributed by atoms with van der Waals surface area (Å²) in [6, 6.07) is 2.55. The Balaban J connectivity index is 2.13. The summed E-state index contributed by atoms with van der Waals surface area (Å²) in [4.78, 5) is 99.6. The number of carbonyl (C=O) groups excluding carboxylic acids is 6. The van der Waals surface area contributed by atoms with Crippen LogP contribution in [-0.4, -0.2) is 82.6 Å². The molecule has 0 aromatic heterocycles. The maximum absolute atomic E-state index is 13.2. The molecule has 3 amide bonds. The molecule has 1 aromatic carbocycles. The summed E-state index contributed by atoms with van der Waals surface area (Å²) in [5, 5.41) is 25.7. The summed E-state index contributed by atoms with van der Waals surface area (Å²) in [6.45, 7) is 5.17. The number of fused-ring (bicyclic) bond motifs is 1. The molecule has 5 N–H and O–H groups in total. The first-order chi connectivity index (χ1) is 21.7. The number of ether oxygens (including phenoxy) is 1. The smallest absolute Gasteiger partial charge is 0.328 e. The van der Waals surface area contributed by atoms with Crippen LogP contribution in [-0.2, 0) is 33.5 Å². The Kier molecular flexibility index (Phi) is 14.2. The lowest BCUT2D eigenvalue weighted by atomic mass is 9.83. The van der Waals surface area contributed by atoms with E-state index in [1.807, 2.05) is 13.8 Å². The highest BCUT2D eigenvalue weighted by molar-refractivity contribution is 6.26. The van der Waals surface area contributed by atoms with Crippen LogP contribution < -0.4 is 16.0 Å². The predicted octanol–water partition coefficient (Wildman–Crippen LogP) is 1.96. The SMILES string of the molecule is COC(=O)[C@H](CC(C)C)NC(=O)[C@H](CCC(=O)O)NC(=O)[C@H](CCC(=O)O)NC(=O)CCCC1=C(C)C(=O)c2ccccc2C1=O. The molecule has 2 rings (SSSR count). The number of hydrogen-bond acceptors (Lipinski definition) is 9. The number of carboxylic acid groups (broad SMARTS) is 2. The van der Waals surface area contributed by atoms with Gasteiger partial charge in [-0.25, -0.2) is 4.79 Å². The van der Waals surface area contributed by atoms with Gasteiger partial charge in [-0.1, -0.05) is 38.1 Å². The molecule has 46 heavy (non-hydrogen) atoms. The van der Waals surface area contributed by atoms with Gasteiger partial charge in [0.1, 0.15) is 18.1 Å². The van der Waals surface area contributed by atoms with Crippen LogP contribution in [0.1, 0.15) is 92.9 Å². The van der Waals surface area contributed by atoms with Crippen molar-refractivity contribution in [2.75, 3.05) is 7.11 Å². The average Bonchev–Trinajstić information content (AvgIpc) is 3.00. The molecule has 250 valence electrons. The van der Waals surface area contributed by atoms with Crippen LogP contribution in [0.25, 0.3) is 0 Å². The number of amides is 3. The van der Waals surface area contributed by atoms with Crippen molar-refractivity contribution in [1.82, 2.24) is 16.0 Å². The molecule has 0 bridgehead atoms. The van der Waals surface area contributed by atoms with E-state index in [1.165, 1.54) is 0 Å². The Bertz CT molecular complexity index is 1400. The Hall–Kier alpha value is -4.88. The monoisotopic (exact) mass is 643 g/mol. The lowest BCUT2D eigenvalue weighted by molar-refractivity contribution is -0.146. The van der Waals surface area contributed by atoms with Gasteiger partial charge in [-0.3, -0.25) is 33.6 Å². The van der Waals surface area contributed by atoms with Crippen LogP contribution in [0.2, 0.25) is 0 Å². The highest BCUT2D eigenvalue weighted by Gasteiger charge is 2.32. The number of aliphatic carboxylic acids is 2. The van der Waals surface area contributed by atoms with Crippen LogP contribution in [0.3, 0.4) is 0 Å². The van der Waals surface area contributed by atoms with Crippen LogP contribution >= 0.6 is 0 Å². The largest absolute Gasteiger partial charge is 0.481 e. The van der Waals surface area contributed by atoms with Crippen LogP contribution in [0.4, 0.5) is 0 Å². The number of carbonyl (C=O) groups is 8. The number of allylic oxidation sites excluding steroid dienone is 2. The molecule has 3 atom stereocenters. The summed E-state index contributed by atoms with van der Waals surface area (Å²) in [7, 11) is 1.14. The molecule has 0 saturated heterocycles. The van der Waals surface area contributed by atoms with Crippen LogP contribution in [0.5, 0.6) is 0 Å². The number of methoxy groups -OCH3 is 1. The van der Waals surface area contributed by atoms with Gasteiger partial charge in [0.25, 0.3) is 0 Å². The van der Waals surface area contributed by atoms with Crippen LogP contribution in [0.15, 0.2) is 35.4 Å². The van der Waals surface area contributed by atoms with Crippen molar-refractivity contribution in [3.8, 4) is 0 Å². The van der Waals surface area contributed by atoms with Gasteiger partial charge in [0, 0.05) is 41.5 Å². The third-order valence-corrected chi connectivity index (χ3v) is 7.40. The Labute approximate surface area is 266 Å². The van der Waals surface area contributed by atoms with Gasteiger partial charge in [-0.15, -0.1) is 0 Å². The third kappa shape index (κ3) is 10.9. The molecule has 1 aliphatic carbocycles. The van der Waals surface area contributed by atoms with E-state index < -0.39 is 66.6 Å². The van der Waals surface area contributed by atoms with E-state index in [4.69, 9.17) is 9.84 Å². The van der Waals surface area contributed by atoms with Crippen molar-refractivity contribution in [1.29, 1.82) is 0 Å². The summed E-state index contributed by atoms with van der Waals surface area (Å²) < 4.78 is 4.74. The van der Waals surface area contributed by atoms with Gasteiger partial charge >= 0.3 is 17.9 Å². The average molecular weight is 644 g/mol. The maximum atomic E-state index is 13.2. The normalized spacial score (nSPS) is 14.5. The van der Waals surface area contributed by atoms with E-state index in [0.29, 0.717) is 5.56 Å². The molecule has 1 aromatic rings. The second kappa shape index (κ2) is 17.6. The second-order valence-corrected chi connectivity index (χ2v) is 11.4. The molecular weight excluding hydrogens is 602 g/mol. The minimum atomic E-state index is -1.43. The quantitative estimate of drug-likeness (QED) is 0.145. The zero-order valence-corrected chi connectivity index (χ0v) is 26.3. The number of hydrogen-bond donors (Lipinski definition) is 5. The third-order valence-electron chi connectivity index (χ3n) is 7.40. The molecule has 0 radical (unpaired) electrons. The molecule has 0 unspecified atom stereocenters. The van der Waals surface area contributed by atoms with E-state index in [0.717, 1.165) is 7.11 Å². The highest BCUT2D eigenvalue weighted by Crippen LogP contribution is 2.28. The number of carboxylic acids is 2. The number of rotatable bonds is 18. The van der Waals surface area contributed by atoms with Gasteiger partial charge in [0.05, 0.1) is 7.11 Å². The maximum Gasteiger partial charge on any atom is 0.328 e. The Morgan fingerprint density at radius 1 is 0.761 bits per heavy atom. The van der Waals surface area contributed by atoms with Gasteiger partial charge in [-0.2, -0.15) is 0 Å². The molecule has 0 saturated carbocycles. The number of nitrogens with one attached hydrogen (secondary N) is 3. The van der Waals surface area contributed by atoms with Crippen molar-refractivity contribution < 1.29 is 53.3 Å². The zero-order chi connectivity index (χ0) is 34.6. The molecule has 0 heterocycles.